The van der Waals surface area contributed by atoms with Gasteiger partial charge in [0.05, 0.1) is 10.0 Å². The van der Waals surface area contributed by atoms with Crippen LogP contribution in [0.2, 0.25) is 10.0 Å². The predicted octanol–water partition coefficient (Wildman–Crippen LogP) is 5.59. The monoisotopic (exact) mass is 549 g/mol. The van der Waals surface area contributed by atoms with Gasteiger partial charge in [-0.15, -0.1) is 0 Å². The van der Waals surface area contributed by atoms with Crippen LogP contribution in [-0.2, 0) is 22.4 Å². The lowest BCUT2D eigenvalue weighted by molar-refractivity contribution is -0.133. The predicted molar refractivity (Wildman–Crippen MR) is 149 cm³/mol. The summed E-state index contributed by atoms with van der Waals surface area (Å²) in [6.45, 7) is 6.30. The molecule has 3 rings (SSSR count). The lowest BCUT2D eigenvalue weighted by Crippen LogP contribution is -2.40. The number of nitrogens with zero attached hydrogens (tertiary/aromatic N) is 1. The van der Waals surface area contributed by atoms with Gasteiger partial charge in [0.25, 0.3) is 5.91 Å². The number of halogens is 2. The van der Waals surface area contributed by atoms with Crippen LogP contribution in [0.25, 0.3) is 0 Å². The van der Waals surface area contributed by atoms with Crippen molar-refractivity contribution in [2.45, 2.75) is 64.8 Å². The molecule has 1 aliphatic heterocycles. The van der Waals surface area contributed by atoms with Crippen LogP contribution >= 0.6 is 23.2 Å². The van der Waals surface area contributed by atoms with E-state index in [2.05, 4.69) is 24.5 Å². The van der Waals surface area contributed by atoms with Gasteiger partial charge in [-0.25, -0.2) is 0 Å². The molecule has 1 atom stereocenters. The Bertz CT molecular complexity index is 1080. The Morgan fingerprint density at radius 1 is 1.14 bits per heavy atom. The quantitative estimate of drug-likeness (QED) is 0.211. The van der Waals surface area contributed by atoms with Gasteiger partial charge >= 0.3 is 0 Å². The number of rotatable bonds is 14. The molecule has 0 radical (unpaired) electrons. The number of phenolic OH excluding ortho intramolecular Hbond substituents is 1. The molecule has 0 saturated carbocycles. The van der Waals surface area contributed by atoms with Gasteiger partial charge in [0.2, 0.25) is 5.91 Å². The molecular weight excluding hydrogens is 513 g/mol. The van der Waals surface area contributed by atoms with Gasteiger partial charge in [0.15, 0.2) is 12.4 Å². The third kappa shape index (κ3) is 8.52. The van der Waals surface area contributed by atoms with Crippen LogP contribution in [0.5, 0.6) is 11.5 Å². The summed E-state index contributed by atoms with van der Waals surface area (Å²) in [6, 6.07) is 9.28. The van der Waals surface area contributed by atoms with Crippen molar-refractivity contribution in [2.75, 3.05) is 31.6 Å². The minimum Gasteiger partial charge on any atom is -0.506 e. The number of ether oxygens (including phenoxy) is 1. The Kier molecular flexibility index (Phi) is 11.4. The number of carbonyl (C=O) groups is 2. The number of carbonyl (C=O) groups excluding carboxylic acids is 2. The fourth-order valence-electron chi connectivity index (χ4n) is 4.39. The van der Waals surface area contributed by atoms with E-state index in [1.165, 1.54) is 0 Å². The molecule has 1 aliphatic rings. The first-order chi connectivity index (χ1) is 17.8. The molecule has 2 aromatic rings. The summed E-state index contributed by atoms with van der Waals surface area (Å²) in [5, 5.41) is 17.2. The molecule has 7 nitrogen and oxygen atoms in total. The van der Waals surface area contributed by atoms with Gasteiger partial charge in [-0.2, -0.15) is 0 Å². The van der Waals surface area contributed by atoms with E-state index >= 15 is 0 Å². The first-order valence-electron chi connectivity index (χ1n) is 13.0. The number of aromatic hydroxyl groups is 1. The molecule has 0 unspecified atom stereocenters. The van der Waals surface area contributed by atoms with Crippen LogP contribution in [0.15, 0.2) is 30.3 Å². The highest BCUT2D eigenvalue weighted by Crippen LogP contribution is 2.39. The molecule has 37 heavy (non-hydrogen) atoms. The summed E-state index contributed by atoms with van der Waals surface area (Å²) in [5.41, 5.74) is 2.43. The fraction of sp³-hybridized carbons (Fsp3) is 0.500. The minimum atomic E-state index is -0.267. The maximum Gasteiger partial charge on any atom is 0.262 e. The Hall–Kier alpha value is -2.48. The zero-order chi connectivity index (χ0) is 26.8. The molecule has 0 aromatic heterocycles. The average Bonchev–Trinajstić information content (AvgIpc) is 2.88. The summed E-state index contributed by atoms with van der Waals surface area (Å²) in [7, 11) is 0. The number of fused-ring (bicyclic) bond motifs is 1. The number of phenols is 1. The summed E-state index contributed by atoms with van der Waals surface area (Å²) in [4.78, 5) is 26.5. The number of hydrogen-bond acceptors (Lipinski definition) is 5. The normalized spacial score (nSPS) is 13.5. The van der Waals surface area contributed by atoms with Crippen molar-refractivity contribution in [1.29, 1.82) is 0 Å². The summed E-state index contributed by atoms with van der Waals surface area (Å²) in [6.07, 6.45) is 5.78. The van der Waals surface area contributed by atoms with Gasteiger partial charge in [-0.3, -0.25) is 9.59 Å². The Morgan fingerprint density at radius 3 is 2.70 bits per heavy atom. The van der Waals surface area contributed by atoms with Gasteiger partial charge in [-0.1, -0.05) is 48.7 Å². The second kappa shape index (κ2) is 14.5. The smallest absolute Gasteiger partial charge is 0.262 e. The highest BCUT2D eigenvalue weighted by atomic mass is 35.5. The number of amides is 2. The van der Waals surface area contributed by atoms with E-state index in [4.69, 9.17) is 27.9 Å². The Balaban J connectivity index is 1.39. The molecule has 1 heterocycles. The van der Waals surface area contributed by atoms with Crippen molar-refractivity contribution in [3.63, 3.8) is 0 Å². The van der Waals surface area contributed by atoms with Gasteiger partial charge in [-0.05, 0) is 74.9 Å². The molecular formula is C28H37Cl2N3O4. The van der Waals surface area contributed by atoms with Gasteiger partial charge in [0.1, 0.15) is 11.4 Å². The molecule has 0 bridgehead atoms. The van der Waals surface area contributed by atoms with Crippen molar-refractivity contribution in [2.24, 2.45) is 0 Å². The van der Waals surface area contributed by atoms with Gasteiger partial charge in [0, 0.05) is 25.6 Å². The minimum absolute atomic E-state index is 0.0124. The fourth-order valence-corrected chi connectivity index (χ4v) is 4.71. The van der Waals surface area contributed by atoms with Crippen LogP contribution in [0.1, 0.15) is 57.1 Å². The number of benzene rings is 2. The van der Waals surface area contributed by atoms with E-state index in [0.29, 0.717) is 34.4 Å². The van der Waals surface area contributed by atoms with E-state index in [1.807, 2.05) is 23.1 Å². The van der Waals surface area contributed by atoms with Crippen LogP contribution in [-0.4, -0.2) is 54.1 Å². The molecule has 202 valence electrons. The topological polar surface area (TPSA) is 90.9 Å². The van der Waals surface area contributed by atoms with E-state index in [-0.39, 0.29) is 30.2 Å². The third-order valence-corrected chi connectivity index (χ3v) is 7.45. The first-order valence-corrected chi connectivity index (χ1v) is 13.8. The third-order valence-electron chi connectivity index (χ3n) is 6.71. The second-order valence-electron chi connectivity index (χ2n) is 9.44. The molecule has 2 aromatic carbocycles. The zero-order valence-corrected chi connectivity index (χ0v) is 23.1. The van der Waals surface area contributed by atoms with Crippen molar-refractivity contribution in [3.05, 3.63) is 51.5 Å². The average molecular weight is 551 g/mol. The van der Waals surface area contributed by atoms with Crippen molar-refractivity contribution < 1.29 is 19.4 Å². The van der Waals surface area contributed by atoms with E-state index in [0.717, 1.165) is 62.7 Å². The molecule has 0 spiro atoms. The van der Waals surface area contributed by atoms with E-state index in [9.17, 15) is 14.7 Å². The maximum absolute atomic E-state index is 12.9. The number of nitrogens with one attached hydrogen (secondary N) is 2. The van der Waals surface area contributed by atoms with Crippen LogP contribution in [0, 0.1) is 0 Å². The van der Waals surface area contributed by atoms with E-state index in [1.54, 1.807) is 12.1 Å². The summed E-state index contributed by atoms with van der Waals surface area (Å²) < 4.78 is 5.57. The number of unbranched alkanes of at least 4 members (excludes halogenated alkanes) is 2. The van der Waals surface area contributed by atoms with Crippen molar-refractivity contribution >= 4 is 40.7 Å². The molecule has 3 N–H and O–H groups in total. The van der Waals surface area contributed by atoms with Crippen LogP contribution < -0.4 is 15.4 Å². The van der Waals surface area contributed by atoms with Crippen LogP contribution in [0.4, 0.5) is 5.69 Å². The van der Waals surface area contributed by atoms with Gasteiger partial charge < -0.3 is 25.4 Å². The molecule has 0 aliphatic carbocycles. The van der Waals surface area contributed by atoms with Crippen LogP contribution in [0.3, 0.4) is 0 Å². The highest BCUT2D eigenvalue weighted by Gasteiger charge is 2.22. The Morgan fingerprint density at radius 2 is 1.95 bits per heavy atom. The van der Waals surface area contributed by atoms with Crippen molar-refractivity contribution in [3.8, 4) is 11.5 Å². The van der Waals surface area contributed by atoms with Crippen molar-refractivity contribution in [1.82, 2.24) is 10.2 Å². The number of hydrogen-bond donors (Lipinski definition) is 3. The standard InChI is InChI=1S/C28H37Cl2N3O4/c1-3-19(2)33(26(36)13-15-31-14-12-20-8-10-22(29)23(30)17-20)16-6-4-5-7-21-9-11-24(34)27-28(21)37-18-25(35)32-27/h8-11,17,19,31,34H,3-7,12-16,18H2,1-2H3,(H,32,35)/t19-/m1/s1. The Labute approximate surface area is 229 Å². The number of aryl methyl sites for hydroxylation is 1. The highest BCUT2D eigenvalue weighted by molar-refractivity contribution is 6.42. The SMILES string of the molecule is CC[C@@H](C)N(CCCCCc1ccc(O)c2c1OCC(=O)N2)C(=O)CCNCCc1ccc(Cl)c(Cl)c1. The largest absolute Gasteiger partial charge is 0.506 e. The lowest BCUT2D eigenvalue weighted by atomic mass is 10.0. The zero-order valence-electron chi connectivity index (χ0n) is 21.6. The summed E-state index contributed by atoms with van der Waals surface area (Å²) >= 11 is 12.0. The first kappa shape index (κ1) is 29.1. The van der Waals surface area contributed by atoms with E-state index < -0.39 is 0 Å². The molecule has 9 heteroatoms. The molecule has 0 saturated heterocycles. The molecule has 0 fully saturated rings. The maximum atomic E-state index is 12.9. The summed E-state index contributed by atoms with van der Waals surface area (Å²) in [5.74, 6) is 0.477. The number of anilines is 1. The second-order valence-corrected chi connectivity index (χ2v) is 10.3. The molecule has 2 amide bonds. The lowest BCUT2D eigenvalue weighted by Gasteiger charge is -2.29.